The van der Waals surface area contributed by atoms with Gasteiger partial charge in [0.15, 0.2) is 5.78 Å². The van der Waals surface area contributed by atoms with Crippen molar-refractivity contribution in [3.8, 4) is 6.07 Å². The molecule has 0 spiro atoms. The summed E-state index contributed by atoms with van der Waals surface area (Å²) in [5, 5.41) is 20.4. The number of carbonyl (C=O) groups excluding carboxylic acids is 3. The van der Waals surface area contributed by atoms with Gasteiger partial charge in [-0.05, 0) is 73.8 Å². The number of ketones is 1. The molecule has 4 aromatic carbocycles. The van der Waals surface area contributed by atoms with Crippen molar-refractivity contribution >= 4 is 51.7 Å². The van der Waals surface area contributed by atoms with Crippen LogP contribution < -0.4 is 26.2 Å². The van der Waals surface area contributed by atoms with Gasteiger partial charge in [0.05, 0.1) is 17.2 Å². The van der Waals surface area contributed by atoms with Gasteiger partial charge < -0.3 is 31.1 Å². The molecule has 2 aliphatic heterocycles. The molecule has 0 aliphatic carbocycles. The Labute approximate surface area is 261 Å². The van der Waals surface area contributed by atoms with Gasteiger partial charge in [0, 0.05) is 77.5 Å². The predicted molar refractivity (Wildman–Crippen MR) is 176 cm³/mol. The van der Waals surface area contributed by atoms with Crippen LogP contribution in [0.5, 0.6) is 0 Å². The summed E-state index contributed by atoms with van der Waals surface area (Å²) in [4.78, 5) is 43.4. The molecule has 1 saturated heterocycles. The van der Waals surface area contributed by atoms with E-state index in [4.69, 9.17) is 5.26 Å². The molecule has 10 nitrogen and oxygen atoms in total. The Kier molecular flexibility index (Phi) is 8.26. The highest BCUT2D eigenvalue weighted by atomic mass is 16.2. The third kappa shape index (κ3) is 6.69. The average molecular weight is 598 g/mol. The lowest BCUT2D eigenvalue weighted by molar-refractivity contribution is -0.110. The first kappa shape index (κ1) is 29.2. The molecule has 0 saturated carbocycles. The van der Waals surface area contributed by atoms with E-state index in [2.05, 4.69) is 50.2 Å². The fourth-order valence-electron chi connectivity index (χ4n) is 5.29. The highest BCUT2D eigenvalue weighted by Gasteiger charge is 2.25. The summed E-state index contributed by atoms with van der Waals surface area (Å²) in [6, 6.07) is 27.9. The molecule has 3 amide bonds. The number of amides is 3. The lowest BCUT2D eigenvalue weighted by Crippen LogP contribution is -2.44. The van der Waals surface area contributed by atoms with E-state index in [1.165, 1.54) is 5.69 Å². The molecule has 4 aromatic rings. The van der Waals surface area contributed by atoms with Crippen LogP contribution in [0.15, 0.2) is 97.2 Å². The molecule has 4 N–H and O–H groups in total. The van der Waals surface area contributed by atoms with E-state index in [1.54, 1.807) is 72.9 Å². The third-order valence-corrected chi connectivity index (χ3v) is 7.84. The summed E-state index contributed by atoms with van der Waals surface area (Å²) in [6.07, 6.45) is 1.69. The maximum Gasteiger partial charge on any atom is 0.323 e. The monoisotopic (exact) mass is 597 g/mol. The number of nitrogens with one attached hydrogen (secondary N) is 4. The summed E-state index contributed by atoms with van der Waals surface area (Å²) in [5.74, 6) is -0.505. The van der Waals surface area contributed by atoms with Crippen LogP contribution in [0.1, 0.15) is 27.0 Å². The minimum absolute atomic E-state index is 0.251. The van der Waals surface area contributed by atoms with Crippen LogP contribution in [-0.4, -0.2) is 55.8 Å². The van der Waals surface area contributed by atoms with Crippen LogP contribution >= 0.6 is 0 Å². The lowest BCUT2D eigenvalue weighted by atomic mass is 9.99. The maximum atomic E-state index is 13.4. The van der Waals surface area contributed by atoms with E-state index in [0.717, 1.165) is 31.9 Å². The van der Waals surface area contributed by atoms with E-state index in [9.17, 15) is 14.4 Å². The molecule has 0 bridgehead atoms. The van der Waals surface area contributed by atoms with Crippen LogP contribution in [0.2, 0.25) is 0 Å². The number of piperazine rings is 1. The number of rotatable bonds is 7. The Balaban J connectivity index is 1.10. The molecule has 224 valence electrons. The second-order valence-electron chi connectivity index (χ2n) is 10.9. The average Bonchev–Trinajstić information content (AvgIpc) is 3.38. The number of hydrogen-bond acceptors (Lipinski definition) is 7. The zero-order chi connectivity index (χ0) is 31.3. The Morgan fingerprint density at radius 2 is 1.51 bits per heavy atom. The summed E-state index contributed by atoms with van der Waals surface area (Å²) in [7, 11) is 2.14. The van der Waals surface area contributed by atoms with Crippen molar-refractivity contribution in [1.29, 1.82) is 5.26 Å². The molecule has 10 heteroatoms. The van der Waals surface area contributed by atoms with Crippen LogP contribution in [0.25, 0.3) is 5.57 Å². The van der Waals surface area contributed by atoms with E-state index in [0.29, 0.717) is 44.9 Å². The molecule has 2 heterocycles. The molecule has 1 fully saturated rings. The maximum absolute atomic E-state index is 13.4. The second-order valence-corrected chi connectivity index (χ2v) is 10.9. The third-order valence-electron chi connectivity index (χ3n) is 7.84. The lowest BCUT2D eigenvalue weighted by Gasteiger charge is -2.34. The SMILES string of the molecule is CN1CCN(c2ccc(NC=C3C(=O)Nc4cc(C(=O)c5cccc(NC(=O)Nc6ccc(C#N)cc6)c5)ccc43)cc2)CC1. The van der Waals surface area contributed by atoms with Crippen LogP contribution in [0, 0.1) is 11.3 Å². The normalized spacial score (nSPS) is 15.2. The molecule has 0 atom stereocenters. The van der Waals surface area contributed by atoms with Crippen molar-refractivity contribution in [2.75, 3.05) is 59.4 Å². The first-order valence-corrected chi connectivity index (χ1v) is 14.6. The summed E-state index contributed by atoms with van der Waals surface area (Å²) in [6.45, 7) is 4.07. The number of benzene rings is 4. The van der Waals surface area contributed by atoms with Gasteiger partial charge in [0.1, 0.15) is 0 Å². The Bertz CT molecular complexity index is 1830. The molecule has 6 rings (SSSR count). The van der Waals surface area contributed by atoms with Crippen molar-refractivity contribution in [3.63, 3.8) is 0 Å². The molecule has 0 unspecified atom stereocenters. The van der Waals surface area contributed by atoms with Gasteiger partial charge >= 0.3 is 6.03 Å². The van der Waals surface area contributed by atoms with E-state index in [-0.39, 0.29) is 11.7 Å². The summed E-state index contributed by atoms with van der Waals surface area (Å²) < 4.78 is 0. The van der Waals surface area contributed by atoms with Crippen LogP contribution in [-0.2, 0) is 4.79 Å². The van der Waals surface area contributed by atoms with Gasteiger partial charge in [0.2, 0.25) is 0 Å². The van der Waals surface area contributed by atoms with E-state index in [1.807, 2.05) is 18.2 Å². The molecular weight excluding hydrogens is 566 g/mol. The minimum Gasteiger partial charge on any atom is -0.369 e. The van der Waals surface area contributed by atoms with Gasteiger partial charge in [-0.1, -0.05) is 24.3 Å². The number of likely N-dealkylation sites (N-methyl/N-ethyl adjacent to an activating group) is 1. The standard InChI is InChI=1S/C35H31N7O3/c1-41-15-17-42(18-16-41)29-12-10-26(11-13-29)37-22-31-30-14-7-25(20-32(30)40-34(31)44)33(43)24-3-2-4-28(19-24)39-35(45)38-27-8-5-23(21-36)6-9-27/h2-14,19-20,22,37H,15-18H2,1H3,(H,40,44)(H2,38,39,45). The highest BCUT2D eigenvalue weighted by molar-refractivity contribution is 6.32. The largest absolute Gasteiger partial charge is 0.369 e. The number of fused-ring (bicyclic) bond motifs is 1. The molecule has 45 heavy (non-hydrogen) atoms. The Morgan fingerprint density at radius 1 is 0.822 bits per heavy atom. The Hall–Kier alpha value is -5.92. The number of anilines is 5. The molecule has 2 aliphatic rings. The van der Waals surface area contributed by atoms with Crippen LogP contribution in [0.3, 0.4) is 0 Å². The van der Waals surface area contributed by atoms with Gasteiger partial charge in [-0.2, -0.15) is 5.26 Å². The van der Waals surface area contributed by atoms with Crippen molar-refractivity contribution in [2.24, 2.45) is 0 Å². The van der Waals surface area contributed by atoms with Crippen molar-refractivity contribution in [3.05, 3.63) is 119 Å². The summed E-state index contributed by atoms with van der Waals surface area (Å²) >= 11 is 0. The quantitative estimate of drug-likeness (QED) is 0.161. The van der Waals surface area contributed by atoms with Gasteiger partial charge in [-0.25, -0.2) is 4.79 Å². The fraction of sp³-hybridized carbons (Fsp3) is 0.143. The molecule has 0 aromatic heterocycles. The Morgan fingerprint density at radius 3 is 2.24 bits per heavy atom. The minimum atomic E-state index is -0.483. The van der Waals surface area contributed by atoms with Crippen molar-refractivity contribution in [2.45, 2.75) is 0 Å². The molecular formula is C35H31N7O3. The number of hydrogen-bond donors (Lipinski definition) is 4. The highest BCUT2D eigenvalue weighted by Crippen LogP contribution is 2.33. The van der Waals surface area contributed by atoms with E-state index >= 15 is 0 Å². The van der Waals surface area contributed by atoms with E-state index < -0.39 is 6.03 Å². The number of carbonyl (C=O) groups is 3. The van der Waals surface area contributed by atoms with Crippen molar-refractivity contribution in [1.82, 2.24) is 4.90 Å². The van der Waals surface area contributed by atoms with Gasteiger partial charge in [-0.15, -0.1) is 0 Å². The predicted octanol–water partition coefficient (Wildman–Crippen LogP) is 5.59. The molecule has 0 radical (unpaired) electrons. The number of nitrogens with zero attached hydrogens (tertiary/aromatic N) is 3. The fourth-order valence-corrected chi connectivity index (χ4v) is 5.29. The van der Waals surface area contributed by atoms with Crippen molar-refractivity contribution < 1.29 is 14.4 Å². The summed E-state index contributed by atoms with van der Waals surface area (Å²) in [5.41, 5.74) is 6.03. The topological polar surface area (TPSA) is 130 Å². The zero-order valence-corrected chi connectivity index (χ0v) is 24.6. The smallest absolute Gasteiger partial charge is 0.323 e. The van der Waals surface area contributed by atoms with Crippen LogP contribution in [0.4, 0.5) is 33.2 Å². The number of nitriles is 1. The zero-order valence-electron chi connectivity index (χ0n) is 24.6. The second kappa shape index (κ2) is 12.8. The first-order valence-electron chi connectivity index (χ1n) is 14.6. The number of urea groups is 1. The van der Waals surface area contributed by atoms with Gasteiger partial charge in [-0.3, -0.25) is 9.59 Å². The first-order chi connectivity index (χ1) is 21.9. The van der Waals surface area contributed by atoms with Gasteiger partial charge in [0.25, 0.3) is 5.91 Å².